The highest BCUT2D eigenvalue weighted by molar-refractivity contribution is 5.44. The minimum atomic E-state index is -0.556. The van der Waals surface area contributed by atoms with E-state index in [1.54, 1.807) is 0 Å². The average molecular weight is 200 g/mol. The van der Waals surface area contributed by atoms with Gasteiger partial charge in [-0.2, -0.15) is 0 Å². The summed E-state index contributed by atoms with van der Waals surface area (Å²) in [5.41, 5.74) is 0.337. The highest BCUT2D eigenvalue weighted by atomic mass is 19.1. The van der Waals surface area contributed by atoms with Gasteiger partial charge in [-0.05, 0) is 18.7 Å². The summed E-state index contributed by atoms with van der Waals surface area (Å²) >= 11 is 0. The molecule has 2 nitrogen and oxygen atoms in total. The van der Waals surface area contributed by atoms with Gasteiger partial charge in [-0.15, -0.1) is 0 Å². The molecule has 2 N–H and O–H groups in total. The van der Waals surface area contributed by atoms with Crippen molar-refractivity contribution in [3.05, 3.63) is 29.8 Å². The summed E-state index contributed by atoms with van der Waals surface area (Å²) in [6.07, 6.45) is 0. The van der Waals surface area contributed by atoms with Gasteiger partial charge in [0.05, 0.1) is 5.69 Å². The molecule has 14 heavy (non-hydrogen) atoms. The largest absolute Gasteiger partial charge is 0.381 e. The summed E-state index contributed by atoms with van der Waals surface area (Å²) in [6, 6.07) is 3.50. The molecule has 0 unspecified atom stereocenters. The van der Waals surface area contributed by atoms with Gasteiger partial charge in [0.2, 0.25) is 0 Å². The molecule has 0 aromatic heterocycles. The van der Waals surface area contributed by atoms with E-state index >= 15 is 0 Å². The normalized spacial score (nSPS) is 10.2. The number of benzene rings is 1. The van der Waals surface area contributed by atoms with Gasteiger partial charge in [0.1, 0.15) is 11.6 Å². The predicted octanol–water partition coefficient (Wildman–Crippen LogP) is 1.99. The lowest BCUT2D eigenvalue weighted by Crippen LogP contribution is -2.21. The van der Waals surface area contributed by atoms with Gasteiger partial charge in [0.25, 0.3) is 0 Å². The minimum Gasteiger partial charge on any atom is -0.381 e. The van der Waals surface area contributed by atoms with Crippen LogP contribution >= 0.6 is 0 Å². The number of hydrogen-bond donors (Lipinski definition) is 2. The molecular formula is C10H14F2N2. The molecule has 78 valence electrons. The summed E-state index contributed by atoms with van der Waals surface area (Å²) in [6.45, 7) is 4.26. The van der Waals surface area contributed by atoms with Gasteiger partial charge >= 0.3 is 0 Å². The van der Waals surface area contributed by atoms with Gasteiger partial charge < -0.3 is 10.6 Å². The lowest BCUT2D eigenvalue weighted by Gasteiger charge is -2.07. The van der Waals surface area contributed by atoms with Crippen LogP contribution in [-0.4, -0.2) is 19.6 Å². The van der Waals surface area contributed by atoms with Crippen LogP contribution in [0.5, 0.6) is 0 Å². The highest BCUT2D eigenvalue weighted by Crippen LogP contribution is 2.13. The first-order valence-corrected chi connectivity index (χ1v) is 4.63. The molecule has 0 heterocycles. The van der Waals surface area contributed by atoms with E-state index in [0.29, 0.717) is 12.2 Å². The third-order valence-corrected chi connectivity index (χ3v) is 1.80. The summed E-state index contributed by atoms with van der Waals surface area (Å²) in [7, 11) is 0. The van der Waals surface area contributed by atoms with Gasteiger partial charge in [-0.1, -0.05) is 6.92 Å². The van der Waals surface area contributed by atoms with E-state index in [-0.39, 0.29) is 0 Å². The molecule has 1 aromatic carbocycles. The minimum absolute atomic E-state index is 0.337. The van der Waals surface area contributed by atoms with Crippen molar-refractivity contribution in [1.82, 2.24) is 5.32 Å². The van der Waals surface area contributed by atoms with Crippen molar-refractivity contribution in [2.24, 2.45) is 0 Å². The Morgan fingerprint density at radius 2 is 2.00 bits per heavy atom. The Balaban J connectivity index is 2.42. The summed E-state index contributed by atoms with van der Waals surface area (Å²) in [5.74, 6) is -1.11. The molecule has 4 heteroatoms. The maximum atomic E-state index is 13.0. The molecule has 0 atom stereocenters. The molecule has 0 fully saturated rings. The first-order chi connectivity index (χ1) is 6.74. The van der Waals surface area contributed by atoms with E-state index in [4.69, 9.17) is 0 Å². The van der Waals surface area contributed by atoms with Gasteiger partial charge in [0.15, 0.2) is 0 Å². The van der Waals surface area contributed by atoms with Crippen LogP contribution in [0.1, 0.15) is 6.92 Å². The molecule has 0 spiro atoms. The molecule has 1 aromatic rings. The van der Waals surface area contributed by atoms with Gasteiger partial charge in [-0.3, -0.25) is 0 Å². The zero-order valence-corrected chi connectivity index (χ0v) is 8.11. The molecule has 0 radical (unpaired) electrons. The quantitative estimate of drug-likeness (QED) is 0.710. The van der Waals surface area contributed by atoms with Gasteiger partial charge in [-0.25, -0.2) is 8.78 Å². The van der Waals surface area contributed by atoms with Crippen molar-refractivity contribution in [2.45, 2.75) is 6.92 Å². The Morgan fingerprint density at radius 1 is 1.21 bits per heavy atom. The maximum absolute atomic E-state index is 13.0. The van der Waals surface area contributed by atoms with Crippen molar-refractivity contribution in [3.8, 4) is 0 Å². The first kappa shape index (κ1) is 10.9. The number of hydrogen-bond acceptors (Lipinski definition) is 2. The third-order valence-electron chi connectivity index (χ3n) is 1.80. The van der Waals surface area contributed by atoms with Crippen molar-refractivity contribution >= 4 is 5.69 Å². The second-order valence-electron chi connectivity index (χ2n) is 2.90. The Hall–Kier alpha value is -1.16. The van der Waals surface area contributed by atoms with Crippen LogP contribution < -0.4 is 10.6 Å². The Bertz CT molecular complexity index is 289. The van der Waals surface area contributed by atoms with Crippen LogP contribution in [0.3, 0.4) is 0 Å². The maximum Gasteiger partial charge on any atom is 0.149 e. The van der Waals surface area contributed by atoms with Gasteiger partial charge in [0, 0.05) is 19.2 Å². The average Bonchev–Trinajstić information content (AvgIpc) is 2.15. The highest BCUT2D eigenvalue weighted by Gasteiger charge is 2.01. The van der Waals surface area contributed by atoms with Crippen LogP contribution in [0.25, 0.3) is 0 Å². The Kier molecular flexibility index (Phi) is 4.32. The Labute approximate surface area is 82.3 Å². The molecule has 0 saturated heterocycles. The number of likely N-dealkylation sites (N-methyl/N-ethyl adjacent to an activating group) is 1. The van der Waals surface area contributed by atoms with Crippen molar-refractivity contribution in [1.29, 1.82) is 0 Å². The van der Waals surface area contributed by atoms with Crippen molar-refractivity contribution < 1.29 is 8.78 Å². The monoisotopic (exact) mass is 200 g/mol. The summed E-state index contributed by atoms with van der Waals surface area (Å²) in [5, 5.41) is 5.96. The van der Waals surface area contributed by atoms with Crippen molar-refractivity contribution in [3.63, 3.8) is 0 Å². The number of rotatable bonds is 5. The third kappa shape index (κ3) is 3.30. The zero-order valence-electron chi connectivity index (χ0n) is 8.11. The number of halogens is 2. The molecule has 0 aliphatic rings. The Morgan fingerprint density at radius 3 is 2.64 bits per heavy atom. The van der Waals surface area contributed by atoms with E-state index in [1.165, 1.54) is 12.1 Å². The predicted molar refractivity (Wildman–Crippen MR) is 53.4 cm³/mol. The lowest BCUT2D eigenvalue weighted by molar-refractivity contribution is 0.584. The molecule has 1 rings (SSSR count). The molecule has 0 aliphatic carbocycles. The lowest BCUT2D eigenvalue weighted by atomic mass is 10.3. The van der Waals surface area contributed by atoms with E-state index in [1.807, 2.05) is 6.92 Å². The van der Waals surface area contributed by atoms with E-state index in [9.17, 15) is 8.78 Å². The molecule has 0 amide bonds. The summed E-state index contributed by atoms with van der Waals surface area (Å²) < 4.78 is 25.5. The topological polar surface area (TPSA) is 24.1 Å². The fourth-order valence-corrected chi connectivity index (χ4v) is 1.10. The fraction of sp³-hybridized carbons (Fsp3) is 0.400. The van der Waals surface area contributed by atoms with Crippen LogP contribution in [0.15, 0.2) is 18.2 Å². The fourth-order valence-electron chi connectivity index (χ4n) is 1.10. The standard InChI is InChI=1S/C10H14F2N2/c1-2-13-5-6-14-10-4-3-8(11)7-9(10)12/h3-4,7,13-14H,2,5-6H2,1H3. The number of nitrogens with one attached hydrogen (secondary N) is 2. The first-order valence-electron chi connectivity index (χ1n) is 4.63. The van der Waals surface area contributed by atoms with E-state index in [2.05, 4.69) is 10.6 Å². The van der Waals surface area contributed by atoms with E-state index < -0.39 is 11.6 Å². The zero-order chi connectivity index (χ0) is 10.4. The number of anilines is 1. The molecule has 0 aliphatic heterocycles. The van der Waals surface area contributed by atoms with Crippen LogP contribution in [0.2, 0.25) is 0 Å². The second kappa shape index (κ2) is 5.54. The van der Waals surface area contributed by atoms with Crippen LogP contribution in [0, 0.1) is 11.6 Å². The van der Waals surface area contributed by atoms with Crippen molar-refractivity contribution in [2.75, 3.05) is 25.0 Å². The van der Waals surface area contributed by atoms with E-state index in [0.717, 1.165) is 19.2 Å². The molecule has 0 saturated carbocycles. The summed E-state index contributed by atoms with van der Waals surface area (Å²) in [4.78, 5) is 0. The van der Waals surface area contributed by atoms with Crippen LogP contribution in [-0.2, 0) is 0 Å². The molecular weight excluding hydrogens is 186 g/mol. The molecule has 0 bridgehead atoms. The second-order valence-corrected chi connectivity index (χ2v) is 2.90. The van der Waals surface area contributed by atoms with Crippen LogP contribution in [0.4, 0.5) is 14.5 Å². The smallest absolute Gasteiger partial charge is 0.149 e. The SMILES string of the molecule is CCNCCNc1ccc(F)cc1F.